The van der Waals surface area contributed by atoms with Crippen LogP contribution >= 0.6 is 11.3 Å². The van der Waals surface area contributed by atoms with Gasteiger partial charge >= 0.3 is 0 Å². The molecule has 0 aliphatic carbocycles. The first-order chi connectivity index (χ1) is 9.96. The van der Waals surface area contributed by atoms with Gasteiger partial charge in [0.2, 0.25) is 0 Å². The van der Waals surface area contributed by atoms with Gasteiger partial charge in [-0.1, -0.05) is 13.8 Å². The van der Waals surface area contributed by atoms with Gasteiger partial charge in [0.1, 0.15) is 5.82 Å². The molecule has 2 aromatic heterocycles. The quantitative estimate of drug-likeness (QED) is 0.720. The van der Waals surface area contributed by atoms with Crippen molar-refractivity contribution < 1.29 is 8.42 Å². The van der Waals surface area contributed by atoms with Crippen LogP contribution in [0.4, 0.5) is 5.13 Å². The van der Waals surface area contributed by atoms with E-state index in [1.165, 1.54) is 17.5 Å². The van der Waals surface area contributed by atoms with E-state index in [1.54, 1.807) is 0 Å². The zero-order valence-corrected chi connectivity index (χ0v) is 13.8. The number of nitrogens with one attached hydrogen (secondary N) is 3. The van der Waals surface area contributed by atoms with E-state index in [4.69, 9.17) is 0 Å². The fourth-order valence-electron chi connectivity index (χ4n) is 1.77. The standard InChI is InChI=1S/C12H19N5O2S2/c1-4-10-14-6-11(16-10)21(18,19)17-12-15-9(7-20-12)8(3)13-5-2/h6-8,13H,4-5H2,1-3H3,(H,14,16)(H,15,17). The van der Waals surface area contributed by atoms with Gasteiger partial charge in [-0.15, -0.1) is 11.3 Å². The molecule has 7 nitrogen and oxygen atoms in total. The summed E-state index contributed by atoms with van der Waals surface area (Å²) in [6.45, 7) is 6.72. The lowest BCUT2D eigenvalue weighted by molar-refractivity contribution is 0.586. The Morgan fingerprint density at radius 2 is 2.19 bits per heavy atom. The fourth-order valence-corrected chi connectivity index (χ4v) is 3.77. The van der Waals surface area contributed by atoms with E-state index in [2.05, 4.69) is 25.0 Å². The molecule has 2 rings (SSSR count). The summed E-state index contributed by atoms with van der Waals surface area (Å²) in [7, 11) is -3.67. The average molecular weight is 329 g/mol. The first-order valence-corrected chi connectivity index (χ1v) is 9.08. The van der Waals surface area contributed by atoms with Gasteiger partial charge in [-0.3, -0.25) is 4.72 Å². The van der Waals surface area contributed by atoms with Crippen molar-refractivity contribution in [2.75, 3.05) is 11.3 Å². The molecule has 3 N–H and O–H groups in total. The molecule has 0 radical (unpaired) electrons. The van der Waals surface area contributed by atoms with Crippen molar-refractivity contribution in [1.82, 2.24) is 20.3 Å². The van der Waals surface area contributed by atoms with Crippen molar-refractivity contribution in [2.24, 2.45) is 0 Å². The molecule has 2 aromatic rings. The highest BCUT2D eigenvalue weighted by Crippen LogP contribution is 2.22. The number of nitrogens with zero attached hydrogens (tertiary/aromatic N) is 2. The lowest BCUT2D eigenvalue weighted by Gasteiger charge is -2.08. The third-order valence-electron chi connectivity index (χ3n) is 2.93. The highest BCUT2D eigenvalue weighted by molar-refractivity contribution is 7.92. The molecule has 0 saturated carbocycles. The fraction of sp³-hybridized carbons (Fsp3) is 0.500. The van der Waals surface area contributed by atoms with Gasteiger partial charge in [0.15, 0.2) is 10.2 Å². The van der Waals surface area contributed by atoms with Gasteiger partial charge in [-0.05, 0) is 13.5 Å². The maximum absolute atomic E-state index is 12.2. The molecule has 0 fully saturated rings. The molecule has 2 heterocycles. The summed E-state index contributed by atoms with van der Waals surface area (Å²) < 4.78 is 26.9. The highest BCUT2D eigenvalue weighted by Gasteiger charge is 2.19. The molecule has 21 heavy (non-hydrogen) atoms. The first-order valence-electron chi connectivity index (χ1n) is 6.71. The van der Waals surface area contributed by atoms with E-state index in [0.29, 0.717) is 17.4 Å². The summed E-state index contributed by atoms with van der Waals surface area (Å²) in [5.41, 5.74) is 0.818. The Morgan fingerprint density at radius 1 is 1.43 bits per heavy atom. The lowest BCUT2D eigenvalue weighted by atomic mass is 10.3. The predicted molar refractivity (Wildman–Crippen MR) is 83.0 cm³/mol. The Kier molecular flexibility index (Phi) is 4.96. The number of aryl methyl sites for hydroxylation is 1. The smallest absolute Gasteiger partial charge is 0.280 e. The number of hydrogen-bond acceptors (Lipinski definition) is 6. The number of anilines is 1. The van der Waals surface area contributed by atoms with Gasteiger partial charge in [0, 0.05) is 17.8 Å². The van der Waals surface area contributed by atoms with Crippen LogP contribution in [0.3, 0.4) is 0 Å². The molecule has 1 unspecified atom stereocenters. The third kappa shape index (κ3) is 3.80. The Morgan fingerprint density at radius 3 is 2.81 bits per heavy atom. The Hall–Kier alpha value is -1.45. The summed E-state index contributed by atoms with van der Waals surface area (Å²) in [5.74, 6) is 0.635. The number of H-pyrrole nitrogens is 1. The average Bonchev–Trinajstić information content (AvgIpc) is 3.07. The molecule has 0 aliphatic heterocycles. The van der Waals surface area contributed by atoms with Crippen molar-refractivity contribution in [3.63, 3.8) is 0 Å². The van der Waals surface area contributed by atoms with Crippen LogP contribution < -0.4 is 10.0 Å². The van der Waals surface area contributed by atoms with Crippen molar-refractivity contribution in [1.29, 1.82) is 0 Å². The largest absolute Gasteiger partial charge is 0.332 e. The molecule has 1 atom stereocenters. The number of aromatic amines is 1. The molecular formula is C12H19N5O2S2. The van der Waals surface area contributed by atoms with Crippen molar-refractivity contribution >= 4 is 26.5 Å². The van der Waals surface area contributed by atoms with Crippen molar-refractivity contribution in [2.45, 2.75) is 38.3 Å². The number of imidazole rings is 1. The SMILES string of the molecule is CCNC(C)c1csc(NS(=O)(=O)c2cnc(CC)[nH]2)n1. The minimum absolute atomic E-state index is 0.0517. The highest BCUT2D eigenvalue weighted by atomic mass is 32.2. The molecule has 9 heteroatoms. The number of hydrogen-bond donors (Lipinski definition) is 3. The summed E-state index contributed by atoms with van der Waals surface area (Å²) in [6.07, 6.45) is 1.97. The van der Waals surface area contributed by atoms with Crippen LogP contribution in [0.1, 0.15) is 38.3 Å². The molecule has 0 bridgehead atoms. The van der Waals surface area contributed by atoms with Crippen molar-refractivity contribution in [3.05, 3.63) is 23.1 Å². The van der Waals surface area contributed by atoms with Gasteiger partial charge in [0.05, 0.1) is 11.9 Å². The molecule has 0 aromatic carbocycles. The summed E-state index contributed by atoms with van der Waals surface area (Å²) in [6, 6.07) is 0.0864. The second kappa shape index (κ2) is 6.54. The number of aromatic nitrogens is 3. The number of rotatable bonds is 7. The van der Waals surface area contributed by atoms with Crippen molar-refractivity contribution in [3.8, 4) is 0 Å². The number of thiazole rings is 1. The molecule has 0 amide bonds. The lowest BCUT2D eigenvalue weighted by Crippen LogP contribution is -2.18. The molecule has 116 valence electrons. The second-order valence-corrected chi connectivity index (χ2v) is 7.02. The topological polar surface area (TPSA) is 99.8 Å². The Balaban J connectivity index is 2.13. The third-order valence-corrected chi connectivity index (χ3v) is 5.08. The van der Waals surface area contributed by atoms with E-state index in [1.807, 2.05) is 26.2 Å². The predicted octanol–water partition coefficient (Wildman–Crippen LogP) is 1.90. The maximum atomic E-state index is 12.2. The van der Waals surface area contributed by atoms with Gasteiger partial charge in [-0.2, -0.15) is 8.42 Å². The van der Waals surface area contributed by atoms with E-state index in [0.717, 1.165) is 12.2 Å². The summed E-state index contributed by atoms with van der Waals surface area (Å²) >= 11 is 1.26. The van der Waals surface area contributed by atoms with Gasteiger partial charge < -0.3 is 10.3 Å². The zero-order chi connectivity index (χ0) is 15.5. The molecule has 0 aliphatic rings. The van der Waals surface area contributed by atoms with Crippen LogP contribution in [0.25, 0.3) is 0 Å². The monoisotopic (exact) mass is 329 g/mol. The minimum atomic E-state index is -3.67. The zero-order valence-electron chi connectivity index (χ0n) is 12.2. The molecule has 0 saturated heterocycles. The second-order valence-electron chi connectivity index (χ2n) is 4.51. The van der Waals surface area contributed by atoms with Crippen LogP contribution in [0.2, 0.25) is 0 Å². The first kappa shape index (κ1) is 15.9. The molecule has 0 spiro atoms. The van der Waals surface area contributed by atoms with Crippen LogP contribution in [0.5, 0.6) is 0 Å². The maximum Gasteiger partial charge on any atom is 0.280 e. The van der Waals surface area contributed by atoms with Crippen LogP contribution in [0, 0.1) is 0 Å². The van der Waals surface area contributed by atoms with E-state index < -0.39 is 10.0 Å². The normalized spacial score (nSPS) is 13.3. The van der Waals surface area contributed by atoms with E-state index >= 15 is 0 Å². The van der Waals surface area contributed by atoms with Gasteiger partial charge in [0.25, 0.3) is 10.0 Å². The minimum Gasteiger partial charge on any atom is -0.332 e. The summed E-state index contributed by atoms with van der Waals surface area (Å²) in [4.78, 5) is 11.1. The Labute approximate surface area is 128 Å². The van der Waals surface area contributed by atoms with Crippen LogP contribution in [-0.2, 0) is 16.4 Å². The van der Waals surface area contributed by atoms with Crippen LogP contribution in [-0.4, -0.2) is 29.9 Å². The van der Waals surface area contributed by atoms with E-state index in [9.17, 15) is 8.42 Å². The molecular weight excluding hydrogens is 310 g/mol. The Bertz CT molecular complexity index is 692. The number of sulfonamides is 1. The summed E-state index contributed by atoms with van der Waals surface area (Å²) in [5, 5.41) is 5.48. The van der Waals surface area contributed by atoms with E-state index in [-0.39, 0.29) is 11.1 Å². The van der Waals surface area contributed by atoms with Crippen LogP contribution in [0.15, 0.2) is 16.6 Å². The van der Waals surface area contributed by atoms with Gasteiger partial charge in [-0.25, -0.2) is 9.97 Å².